The monoisotopic (exact) mass is 400 g/mol. The van der Waals surface area contributed by atoms with Crippen molar-refractivity contribution < 1.29 is 9.53 Å². The van der Waals surface area contributed by atoms with Gasteiger partial charge >= 0.3 is 0 Å². The zero-order valence-corrected chi connectivity index (χ0v) is 16.8. The molecule has 4 aromatic rings. The Morgan fingerprint density at radius 2 is 1.69 bits per heavy atom. The van der Waals surface area contributed by atoms with Gasteiger partial charge in [0.25, 0.3) is 5.91 Å². The molecule has 0 aliphatic carbocycles. The smallest absolute Gasteiger partial charge is 0.275 e. The van der Waals surface area contributed by atoms with Crippen molar-refractivity contribution in [1.82, 2.24) is 4.98 Å². The number of para-hydroxylation sites is 2. The number of carbonyl (C=O) groups is 1. The molecule has 0 atom stereocenters. The van der Waals surface area contributed by atoms with Crippen molar-refractivity contribution in [3.63, 3.8) is 0 Å². The van der Waals surface area contributed by atoms with E-state index in [1.54, 1.807) is 12.5 Å². The second-order valence-corrected chi connectivity index (χ2v) is 7.37. The van der Waals surface area contributed by atoms with Crippen LogP contribution < -0.4 is 10.1 Å². The van der Waals surface area contributed by atoms with Gasteiger partial charge in [-0.1, -0.05) is 60.7 Å². The van der Waals surface area contributed by atoms with Gasteiger partial charge in [0.15, 0.2) is 0 Å². The van der Waals surface area contributed by atoms with Gasteiger partial charge in [-0.25, -0.2) is 4.98 Å². The number of rotatable bonds is 6. The van der Waals surface area contributed by atoms with E-state index < -0.39 is 0 Å². The predicted molar refractivity (Wildman–Crippen MR) is 118 cm³/mol. The second kappa shape index (κ2) is 8.71. The van der Waals surface area contributed by atoms with Crippen molar-refractivity contribution in [2.45, 2.75) is 6.42 Å². The first-order chi connectivity index (χ1) is 14.2. The Morgan fingerprint density at radius 3 is 2.52 bits per heavy atom. The first kappa shape index (κ1) is 18.9. The Labute approximate surface area is 173 Å². The van der Waals surface area contributed by atoms with Gasteiger partial charge in [0.05, 0.1) is 12.7 Å². The van der Waals surface area contributed by atoms with E-state index in [4.69, 9.17) is 4.74 Å². The lowest BCUT2D eigenvalue weighted by Crippen LogP contribution is -2.13. The van der Waals surface area contributed by atoms with Crippen LogP contribution in [-0.4, -0.2) is 18.0 Å². The largest absolute Gasteiger partial charge is 0.496 e. The third kappa shape index (κ3) is 4.36. The van der Waals surface area contributed by atoms with E-state index in [0.29, 0.717) is 5.69 Å². The van der Waals surface area contributed by atoms with Crippen LogP contribution in [0.4, 0.5) is 5.69 Å². The molecule has 0 fully saturated rings. The van der Waals surface area contributed by atoms with Crippen molar-refractivity contribution in [2.75, 3.05) is 12.4 Å². The summed E-state index contributed by atoms with van der Waals surface area (Å²) in [5.41, 5.74) is 4.33. The highest BCUT2D eigenvalue weighted by molar-refractivity contribution is 7.13. The average Bonchev–Trinajstić information content (AvgIpc) is 3.26. The van der Waals surface area contributed by atoms with Crippen LogP contribution >= 0.6 is 11.3 Å². The third-order valence-corrected chi connectivity index (χ3v) is 5.45. The van der Waals surface area contributed by atoms with E-state index in [2.05, 4.69) is 22.4 Å². The number of anilines is 1. The van der Waals surface area contributed by atoms with Gasteiger partial charge in [0.2, 0.25) is 0 Å². The van der Waals surface area contributed by atoms with E-state index in [1.807, 2.05) is 66.7 Å². The van der Waals surface area contributed by atoms with Gasteiger partial charge in [-0.2, -0.15) is 0 Å². The minimum absolute atomic E-state index is 0.220. The highest BCUT2D eigenvalue weighted by Gasteiger charge is 2.15. The lowest BCUT2D eigenvalue weighted by atomic mass is 10.0. The molecule has 0 saturated carbocycles. The van der Waals surface area contributed by atoms with Crippen LogP contribution in [0.3, 0.4) is 0 Å². The Morgan fingerprint density at radius 1 is 0.966 bits per heavy atom. The highest BCUT2D eigenvalue weighted by atomic mass is 32.1. The standard InChI is InChI=1S/C24H20N2O2S/c1-28-22-14-8-6-12-19(22)24-26-21(16-29-24)23(27)25-20-13-7-5-11-18(20)15-17-9-3-2-4-10-17/h2-14,16H,15H2,1H3,(H,25,27). The molecule has 4 rings (SSSR count). The van der Waals surface area contributed by atoms with E-state index in [-0.39, 0.29) is 5.91 Å². The van der Waals surface area contributed by atoms with Gasteiger partial charge in [-0.3, -0.25) is 4.79 Å². The molecule has 1 N–H and O–H groups in total. The highest BCUT2D eigenvalue weighted by Crippen LogP contribution is 2.32. The fourth-order valence-electron chi connectivity index (χ4n) is 3.12. The zero-order chi connectivity index (χ0) is 20.1. The van der Waals surface area contributed by atoms with Crippen molar-refractivity contribution in [3.8, 4) is 16.3 Å². The summed E-state index contributed by atoms with van der Waals surface area (Å²) in [4.78, 5) is 17.3. The number of nitrogens with one attached hydrogen (secondary N) is 1. The number of thiazole rings is 1. The Kier molecular flexibility index (Phi) is 5.68. The van der Waals surface area contributed by atoms with E-state index >= 15 is 0 Å². The quantitative estimate of drug-likeness (QED) is 0.454. The Bertz CT molecular complexity index is 1120. The van der Waals surface area contributed by atoms with Crippen molar-refractivity contribution in [2.24, 2.45) is 0 Å². The first-order valence-corrected chi connectivity index (χ1v) is 10.1. The van der Waals surface area contributed by atoms with Gasteiger partial charge < -0.3 is 10.1 Å². The summed E-state index contributed by atoms with van der Waals surface area (Å²) in [6.07, 6.45) is 0.751. The van der Waals surface area contributed by atoms with Gasteiger partial charge in [0, 0.05) is 11.1 Å². The van der Waals surface area contributed by atoms with Crippen LogP contribution in [0.15, 0.2) is 84.2 Å². The van der Waals surface area contributed by atoms with E-state index in [9.17, 15) is 4.79 Å². The summed E-state index contributed by atoms with van der Waals surface area (Å²) in [6.45, 7) is 0. The summed E-state index contributed by atoms with van der Waals surface area (Å²) < 4.78 is 5.40. The molecule has 1 amide bonds. The number of ether oxygens (including phenoxy) is 1. The van der Waals surface area contributed by atoms with Gasteiger partial charge in [0.1, 0.15) is 16.5 Å². The minimum Gasteiger partial charge on any atom is -0.496 e. The normalized spacial score (nSPS) is 10.5. The molecular formula is C24H20N2O2S. The molecule has 3 aromatic carbocycles. The van der Waals surface area contributed by atoms with Crippen LogP contribution in [0.2, 0.25) is 0 Å². The summed E-state index contributed by atoms with van der Waals surface area (Å²) in [5.74, 6) is 0.518. The summed E-state index contributed by atoms with van der Waals surface area (Å²) in [5, 5.41) is 5.54. The molecule has 144 valence electrons. The minimum atomic E-state index is -0.220. The molecule has 4 nitrogen and oxygen atoms in total. The van der Waals surface area contributed by atoms with Crippen molar-refractivity contribution in [1.29, 1.82) is 0 Å². The van der Waals surface area contributed by atoms with Crippen LogP contribution in [0.5, 0.6) is 5.75 Å². The maximum Gasteiger partial charge on any atom is 0.275 e. The van der Waals surface area contributed by atoms with Crippen LogP contribution in [0.25, 0.3) is 10.6 Å². The average molecular weight is 401 g/mol. The maximum atomic E-state index is 12.8. The summed E-state index contributed by atoms with van der Waals surface area (Å²) in [6, 6.07) is 25.7. The number of hydrogen-bond acceptors (Lipinski definition) is 4. The Hall–Kier alpha value is -3.44. The molecule has 1 aromatic heterocycles. The van der Waals surface area contributed by atoms with Crippen LogP contribution in [-0.2, 0) is 6.42 Å². The zero-order valence-electron chi connectivity index (χ0n) is 16.0. The van der Waals surface area contributed by atoms with Gasteiger partial charge in [-0.05, 0) is 35.7 Å². The molecule has 0 aliphatic heterocycles. The number of carbonyl (C=O) groups excluding carboxylic acids is 1. The molecule has 0 saturated heterocycles. The molecule has 0 radical (unpaired) electrons. The number of amides is 1. The Balaban J connectivity index is 1.54. The molecule has 29 heavy (non-hydrogen) atoms. The number of benzene rings is 3. The lowest BCUT2D eigenvalue weighted by molar-refractivity contribution is 0.102. The van der Waals surface area contributed by atoms with E-state index in [0.717, 1.165) is 34.0 Å². The van der Waals surface area contributed by atoms with Crippen molar-refractivity contribution >= 4 is 22.9 Å². The SMILES string of the molecule is COc1ccccc1-c1nc(C(=O)Nc2ccccc2Cc2ccccc2)cs1. The molecule has 5 heteroatoms. The van der Waals surface area contributed by atoms with Crippen LogP contribution in [0, 0.1) is 0 Å². The molecular weight excluding hydrogens is 380 g/mol. The van der Waals surface area contributed by atoms with Crippen LogP contribution in [0.1, 0.15) is 21.6 Å². The number of nitrogens with zero attached hydrogens (tertiary/aromatic N) is 1. The molecule has 1 heterocycles. The fraction of sp³-hybridized carbons (Fsp3) is 0.0833. The predicted octanol–water partition coefficient (Wildman–Crippen LogP) is 5.66. The van der Waals surface area contributed by atoms with Crippen molar-refractivity contribution in [3.05, 3.63) is 101 Å². The molecule has 0 unspecified atom stereocenters. The summed E-state index contributed by atoms with van der Waals surface area (Å²) in [7, 11) is 1.63. The number of aromatic nitrogens is 1. The maximum absolute atomic E-state index is 12.8. The number of hydrogen-bond donors (Lipinski definition) is 1. The summed E-state index contributed by atoms with van der Waals surface area (Å²) >= 11 is 1.43. The van der Waals surface area contributed by atoms with Gasteiger partial charge in [-0.15, -0.1) is 11.3 Å². The molecule has 0 bridgehead atoms. The lowest BCUT2D eigenvalue weighted by Gasteiger charge is -2.10. The number of methoxy groups -OCH3 is 1. The first-order valence-electron chi connectivity index (χ1n) is 9.26. The van der Waals surface area contributed by atoms with E-state index in [1.165, 1.54) is 16.9 Å². The third-order valence-electron chi connectivity index (χ3n) is 4.58. The molecule has 0 aliphatic rings. The second-order valence-electron chi connectivity index (χ2n) is 6.51. The molecule has 0 spiro atoms. The topological polar surface area (TPSA) is 51.2 Å². The fourth-order valence-corrected chi connectivity index (χ4v) is 3.95.